The Kier molecular flexibility index (Phi) is 5.45. The highest BCUT2D eigenvalue weighted by Crippen LogP contribution is 2.26. The minimum Gasteiger partial charge on any atom is -0.481 e. The summed E-state index contributed by atoms with van der Waals surface area (Å²) >= 11 is 0. The molecule has 17 heavy (non-hydrogen) atoms. The van der Waals surface area contributed by atoms with E-state index in [1.807, 2.05) is 0 Å². The van der Waals surface area contributed by atoms with Gasteiger partial charge in [-0.25, -0.2) is 0 Å². The quantitative estimate of drug-likeness (QED) is 0.748. The molecule has 2 unspecified atom stereocenters. The SMILES string of the molecule is CC(C(=O)O)C(C)C(=O)NCCC1CCCC1. The maximum atomic E-state index is 11.7. The molecule has 1 rings (SSSR count). The van der Waals surface area contributed by atoms with Gasteiger partial charge in [0.05, 0.1) is 5.92 Å². The predicted molar refractivity (Wildman–Crippen MR) is 65.5 cm³/mol. The summed E-state index contributed by atoms with van der Waals surface area (Å²) in [6, 6.07) is 0. The number of hydrogen-bond acceptors (Lipinski definition) is 2. The lowest BCUT2D eigenvalue weighted by molar-refractivity contribution is -0.146. The molecule has 1 fully saturated rings. The molecule has 0 heterocycles. The van der Waals surface area contributed by atoms with Gasteiger partial charge in [0, 0.05) is 12.5 Å². The zero-order valence-electron chi connectivity index (χ0n) is 10.7. The molecule has 0 spiro atoms. The minimum absolute atomic E-state index is 0.141. The van der Waals surface area contributed by atoms with Gasteiger partial charge in [-0.05, 0) is 12.3 Å². The van der Waals surface area contributed by atoms with Crippen molar-refractivity contribution in [3.63, 3.8) is 0 Å². The minimum atomic E-state index is -0.913. The van der Waals surface area contributed by atoms with E-state index in [4.69, 9.17) is 5.11 Å². The lowest BCUT2D eigenvalue weighted by atomic mass is 9.95. The van der Waals surface area contributed by atoms with Crippen molar-refractivity contribution >= 4 is 11.9 Å². The van der Waals surface area contributed by atoms with Crippen molar-refractivity contribution in [2.45, 2.75) is 46.0 Å². The average Bonchev–Trinajstić information content (AvgIpc) is 2.79. The van der Waals surface area contributed by atoms with Crippen LogP contribution in [0.1, 0.15) is 46.0 Å². The Bertz CT molecular complexity index is 272. The van der Waals surface area contributed by atoms with Crippen LogP contribution in [-0.2, 0) is 9.59 Å². The first-order chi connectivity index (χ1) is 8.02. The molecule has 1 saturated carbocycles. The third-order valence-corrected chi connectivity index (χ3v) is 3.88. The van der Waals surface area contributed by atoms with E-state index in [9.17, 15) is 9.59 Å². The third-order valence-electron chi connectivity index (χ3n) is 3.88. The largest absolute Gasteiger partial charge is 0.481 e. The maximum Gasteiger partial charge on any atom is 0.307 e. The maximum absolute atomic E-state index is 11.7. The van der Waals surface area contributed by atoms with Crippen molar-refractivity contribution in [3.8, 4) is 0 Å². The van der Waals surface area contributed by atoms with Gasteiger partial charge < -0.3 is 10.4 Å². The molecule has 0 aromatic heterocycles. The molecule has 4 heteroatoms. The van der Waals surface area contributed by atoms with Crippen LogP contribution in [0, 0.1) is 17.8 Å². The second kappa shape index (κ2) is 6.62. The van der Waals surface area contributed by atoms with Crippen LogP contribution in [0.25, 0.3) is 0 Å². The molecular formula is C13H23NO3. The van der Waals surface area contributed by atoms with Crippen LogP contribution >= 0.6 is 0 Å². The van der Waals surface area contributed by atoms with E-state index < -0.39 is 17.8 Å². The van der Waals surface area contributed by atoms with Gasteiger partial charge >= 0.3 is 5.97 Å². The number of rotatable bonds is 6. The van der Waals surface area contributed by atoms with Crippen LogP contribution < -0.4 is 5.32 Å². The molecule has 1 aliphatic carbocycles. The third kappa shape index (κ3) is 4.36. The van der Waals surface area contributed by atoms with E-state index in [2.05, 4.69) is 5.32 Å². The van der Waals surface area contributed by atoms with E-state index in [-0.39, 0.29) is 5.91 Å². The molecule has 0 aromatic carbocycles. The smallest absolute Gasteiger partial charge is 0.307 e. The normalized spacial score (nSPS) is 19.9. The van der Waals surface area contributed by atoms with Gasteiger partial charge in [-0.2, -0.15) is 0 Å². The van der Waals surface area contributed by atoms with Crippen molar-refractivity contribution in [1.29, 1.82) is 0 Å². The van der Waals surface area contributed by atoms with Gasteiger partial charge in [-0.15, -0.1) is 0 Å². The van der Waals surface area contributed by atoms with Crippen molar-refractivity contribution in [1.82, 2.24) is 5.32 Å². The Balaban J connectivity index is 2.21. The molecule has 2 N–H and O–H groups in total. The topological polar surface area (TPSA) is 66.4 Å². The summed E-state index contributed by atoms with van der Waals surface area (Å²) in [7, 11) is 0. The number of carboxylic acids is 1. The van der Waals surface area contributed by atoms with Crippen LogP contribution in [0.2, 0.25) is 0 Å². The second-order valence-corrected chi connectivity index (χ2v) is 5.15. The highest BCUT2D eigenvalue weighted by Gasteiger charge is 2.25. The Labute approximate surface area is 103 Å². The Hall–Kier alpha value is -1.06. The monoisotopic (exact) mass is 241 g/mol. The summed E-state index contributed by atoms with van der Waals surface area (Å²) in [4.78, 5) is 22.4. The second-order valence-electron chi connectivity index (χ2n) is 5.15. The fourth-order valence-corrected chi connectivity index (χ4v) is 2.30. The average molecular weight is 241 g/mol. The number of amides is 1. The van der Waals surface area contributed by atoms with Crippen molar-refractivity contribution in [3.05, 3.63) is 0 Å². The fourth-order valence-electron chi connectivity index (χ4n) is 2.30. The summed E-state index contributed by atoms with van der Waals surface area (Å²) < 4.78 is 0. The van der Waals surface area contributed by atoms with Crippen LogP contribution in [-0.4, -0.2) is 23.5 Å². The lowest BCUT2D eigenvalue weighted by Crippen LogP contribution is -2.36. The van der Waals surface area contributed by atoms with Crippen molar-refractivity contribution in [2.75, 3.05) is 6.54 Å². The summed E-state index contributed by atoms with van der Waals surface area (Å²) in [5.74, 6) is -1.39. The van der Waals surface area contributed by atoms with E-state index in [1.165, 1.54) is 25.7 Å². The molecule has 1 aliphatic rings. The van der Waals surface area contributed by atoms with Crippen molar-refractivity contribution in [2.24, 2.45) is 17.8 Å². The molecule has 4 nitrogen and oxygen atoms in total. The van der Waals surface area contributed by atoms with Crippen molar-refractivity contribution < 1.29 is 14.7 Å². The first-order valence-corrected chi connectivity index (χ1v) is 6.53. The molecule has 98 valence electrons. The van der Waals surface area contributed by atoms with Gasteiger partial charge in [-0.1, -0.05) is 39.5 Å². The summed E-state index contributed by atoms with van der Waals surface area (Å²) in [6.45, 7) is 3.92. The van der Waals surface area contributed by atoms with Gasteiger partial charge in [0.2, 0.25) is 5.91 Å². The van der Waals surface area contributed by atoms with Gasteiger partial charge in [0.25, 0.3) is 0 Å². The molecule has 0 radical (unpaired) electrons. The molecule has 1 amide bonds. The first-order valence-electron chi connectivity index (χ1n) is 6.53. The Morgan fingerprint density at radius 3 is 2.35 bits per heavy atom. The van der Waals surface area contributed by atoms with Crippen LogP contribution in [0.15, 0.2) is 0 Å². The molecule has 0 bridgehead atoms. The van der Waals surface area contributed by atoms with Gasteiger partial charge in [-0.3, -0.25) is 9.59 Å². The number of carboxylic acid groups (broad SMARTS) is 1. The van der Waals surface area contributed by atoms with E-state index >= 15 is 0 Å². The van der Waals surface area contributed by atoms with E-state index in [0.717, 1.165) is 12.3 Å². The van der Waals surface area contributed by atoms with Crippen LogP contribution in [0.3, 0.4) is 0 Å². The summed E-state index contributed by atoms with van der Waals surface area (Å²) in [5.41, 5.74) is 0. The van der Waals surface area contributed by atoms with Gasteiger partial charge in [0.1, 0.15) is 0 Å². The Morgan fingerprint density at radius 2 is 1.82 bits per heavy atom. The summed E-state index contributed by atoms with van der Waals surface area (Å²) in [6.07, 6.45) is 6.20. The molecule has 0 aromatic rings. The number of hydrogen-bond donors (Lipinski definition) is 2. The van der Waals surface area contributed by atoms with Crippen LogP contribution in [0.4, 0.5) is 0 Å². The highest BCUT2D eigenvalue weighted by atomic mass is 16.4. The molecule has 2 atom stereocenters. The number of aliphatic carboxylic acids is 1. The predicted octanol–water partition coefficient (Wildman–Crippen LogP) is 2.04. The van der Waals surface area contributed by atoms with Gasteiger partial charge in [0.15, 0.2) is 0 Å². The van der Waals surface area contributed by atoms with E-state index in [0.29, 0.717) is 6.54 Å². The number of carbonyl (C=O) groups excluding carboxylic acids is 1. The lowest BCUT2D eigenvalue weighted by Gasteiger charge is -2.16. The van der Waals surface area contributed by atoms with E-state index in [1.54, 1.807) is 13.8 Å². The standard InChI is InChI=1S/C13H23NO3/c1-9(10(2)13(16)17)12(15)14-8-7-11-5-3-4-6-11/h9-11H,3-8H2,1-2H3,(H,14,15)(H,16,17). The zero-order valence-corrected chi connectivity index (χ0v) is 10.7. The first kappa shape index (κ1) is 14.0. The fraction of sp³-hybridized carbons (Fsp3) is 0.846. The highest BCUT2D eigenvalue weighted by molar-refractivity contribution is 5.84. The molecular weight excluding hydrogens is 218 g/mol. The number of carbonyl (C=O) groups is 2. The number of nitrogens with one attached hydrogen (secondary N) is 1. The van der Waals surface area contributed by atoms with Crippen LogP contribution in [0.5, 0.6) is 0 Å². The molecule has 0 saturated heterocycles. The summed E-state index contributed by atoms with van der Waals surface area (Å²) in [5, 5.41) is 11.7. The zero-order chi connectivity index (χ0) is 12.8. The Morgan fingerprint density at radius 1 is 1.24 bits per heavy atom. The molecule has 0 aliphatic heterocycles.